The zero-order valence-electron chi connectivity index (χ0n) is 11.0. The number of ketones is 1. The Balaban J connectivity index is 2.63. The molecule has 0 fully saturated rings. The number of nitrogens with two attached hydrogens (primary N) is 1. The smallest absolute Gasteiger partial charge is 0.143 e. The van der Waals surface area contributed by atoms with Crippen LogP contribution in [0, 0.1) is 5.92 Å². The minimum Gasteiger partial charge on any atom is -0.330 e. The molecule has 0 spiro atoms. The first-order chi connectivity index (χ1) is 8.12. The van der Waals surface area contributed by atoms with E-state index in [0.717, 1.165) is 18.5 Å². The van der Waals surface area contributed by atoms with Crippen molar-refractivity contribution in [3.05, 3.63) is 18.0 Å². The molecule has 0 bridgehead atoms. The summed E-state index contributed by atoms with van der Waals surface area (Å²) in [5, 5.41) is 4.43. The largest absolute Gasteiger partial charge is 0.330 e. The molecule has 1 rings (SSSR count). The quantitative estimate of drug-likeness (QED) is 0.788. The van der Waals surface area contributed by atoms with Crippen molar-refractivity contribution in [2.24, 2.45) is 11.7 Å². The second kappa shape index (κ2) is 6.55. The summed E-state index contributed by atoms with van der Waals surface area (Å²) in [4.78, 5) is 11.9. The van der Waals surface area contributed by atoms with Gasteiger partial charge in [-0.25, -0.2) is 0 Å². The van der Waals surface area contributed by atoms with Gasteiger partial charge in [-0.1, -0.05) is 13.8 Å². The standard InChI is InChI=1S/C13H23N3O/c1-4-10(3)16-7-6-12(15-16)8-13(17)11(5-2)9-14/h6-7,10-11H,4-5,8-9,14H2,1-3H3. The number of carbonyl (C=O) groups excluding carboxylic acids is 1. The van der Waals surface area contributed by atoms with Crippen molar-refractivity contribution in [3.63, 3.8) is 0 Å². The summed E-state index contributed by atoms with van der Waals surface area (Å²) in [6.45, 7) is 6.67. The SMILES string of the molecule is CCC(CN)C(=O)Cc1ccn(C(C)CC)n1. The normalized spacial score (nSPS) is 14.6. The van der Waals surface area contributed by atoms with Gasteiger partial charge in [0.25, 0.3) is 0 Å². The van der Waals surface area contributed by atoms with E-state index in [1.54, 1.807) is 0 Å². The number of hydrogen-bond acceptors (Lipinski definition) is 3. The molecule has 0 aliphatic carbocycles. The van der Waals surface area contributed by atoms with Crippen molar-refractivity contribution in [1.82, 2.24) is 9.78 Å². The van der Waals surface area contributed by atoms with Crippen LogP contribution in [-0.2, 0) is 11.2 Å². The van der Waals surface area contributed by atoms with Crippen LogP contribution in [0.2, 0.25) is 0 Å². The predicted molar refractivity (Wildman–Crippen MR) is 68.8 cm³/mol. The zero-order chi connectivity index (χ0) is 12.8. The van der Waals surface area contributed by atoms with E-state index in [-0.39, 0.29) is 11.7 Å². The summed E-state index contributed by atoms with van der Waals surface area (Å²) in [6, 6.07) is 2.31. The van der Waals surface area contributed by atoms with E-state index in [1.807, 2.05) is 23.9 Å². The van der Waals surface area contributed by atoms with Gasteiger partial charge in [0, 0.05) is 24.7 Å². The molecule has 17 heavy (non-hydrogen) atoms. The van der Waals surface area contributed by atoms with Gasteiger partial charge in [0.15, 0.2) is 0 Å². The number of hydrogen-bond donors (Lipinski definition) is 1. The van der Waals surface area contributed by atoms with Crippen LogP contribution in [0.4, 0.5) is 0 Å². The van der Waals surface area contributed by atoms with Crippen LogP contribution >= 0.6 is 0 Å². The Morgan fingerprint density at radius 3 is 2.71 bits per heavy atom. The highest BCUT2D eigenvalue weighted by atomic mass is 16.1. The molecule has 96 valence electrons. The fourth-order valence-corrected chi connectivity index (χ4v) is 1.75. The van der Waals surface area contributed by atoms with Gasteiger partial charge in [-0.2, -0.15) is 5.10 Å². The minimum absolute atomic E-state index is 0.0243. The Morgan fingerprint density at radius 1 is 1.47 bits per heavy atom. The Labute approximate surface area is 103 Å². The number of Topliss-reactive ketones (excluding diaryl/α,β-unsaturated/α-hetero) is 1. The molecule has 0 radical (unpaired) electrons. The maximum absolute atomic E-state index is 11.9. The fourth-order valence-electron chi connectivity index (χ4n) is 1.75. The molecule has 0 saturated carbocycles. The fraction of sp³-hybridized carbons (Fsp3) is 0.692. The van der Waals surface area contributed by atoms with E-state index in [2.05, 4.69) is 18.9 Å². The van der Waals surface area contributed by atoms with E-state index in [9.17, 15) is 4.79 Å². The predicted octanol–water partition coefficient (Wildman–Crippen LogP) is 1.95. The van der Waals surface area contributed by atoms with Gasteiger partial charge in [0.05, 0.1) is 12.1 Å². The van der Waals surface area contributed by atoms with Crippen molar-refractivity contribution in [1.29, 1.82) is 0 Å². The molecular weight excluding hydrogens is 214 g/mol. The second-order valence-corrected chi connectivity index (χ2v) is 4.53. The molecule has 0 aromatic carbocycles. The Kier molecular flexibility index (Phi) is 5.35. The molecule has 1 heterocycles. The van der Waals surface area contributed by atoms with Crippen LogP contribution in [0.25, 0.3) is 0 Å². The summed E-state index contributed by atoms with van der Waals surface area (Å²) in [5.41, 5.74) is 6.42. The number of nitrogens with zero attached hydrogens (tertiary/aromatic N) is 2. The maximum Gasteiger partial charge on any atom is 0.143 e. The Morgan fingerprint density at radius 2 is 2.18 bits per heavy atom. The molecule has 1 aromatic heterocycles. The van der Waals surface area contributed by atoms with Crippen LogP contribution in [0.15, 0.2) is 12.3 Å². The lowest BCUT2D eigenvalue weighted by Gasteiger charge is -2.10. The highest BCUT2D eigenvalue weighted by Gasteiger charge is 2.16. The van der Waals surface area contributed by atoms with Crippen LogP contribution in [0.3, 0.4) is 0 Å². The van der Waals surface area contributed by atoms with Crippen LogP contribution in [0.1, 0.15) is 45.3 Å². The van der Waals surface area contributed by atoms with Crippen molar-refractivity contribution in [3.8, 4) is 0 Å². The first-order valence-corrected chi connectivity index (χ1v) is 6.39. The van der Waals surface area contributed by atoms with Crippen LogP contribution in [-0.4, -0.2) is 22.1 Å². The molecular formula is C13H23N3O. The third-order valence-corrected chi connectivity index (χ3v) is 3.29. The van der Waals surface area contributed by atoms with Crippen LogP contribution in [0.5, 0.6) is 0 Å². The molecule has 0 aliphatic rings. The molecule has 2 atom stereocenters. The first kappa shape index (κ1) is 13.9. The van der Waals surface area contributed by atoms with Gasteiger partial charge in [-0.05, 0) is 25.8 Å². The lowest BCUT2D eigenvalue weighted by Crippen LogP contribution is -2.24. The van der Waals surface area contributed by atoms with Gasteiger partial charge in [-0.3, -0.25) is 9.48 Å². The van der Waals surface area contributed by atoms with E-state index in [1.165, 1.54) is 0 Å². The van der Waals surface area contributed by atoms with Crippen molar-refractivity contribution in [2.45, 2.75) is 46.1 Å². The summed E-state index contributed by atoms with van der Waals surface area (Å²) in [7, 11) is 0. The Hall–Kier alpha value is -1.16. The third-order valence-electron chi connectivity index (χ3n) is 3.29. The van der Waals surface area contributed by atoms with Crippen LogP contribution < -0.4 is 5.73 Å². The topological polar surface area (TPSA) is 60.9 Å². The zero-order valence-corrected chi connectivity index (χ0v) is 11.0. The van der Waals surface area contributed by atoms with Gasteiger partial charge in [-0.15, -0.1) is 0 Å². The number of aromatic nitrogens is 2. The average molecular weight is 237 g/mol. The molecule has 2 N–H and O–H groups in total. The Bertz CT molecular complexity index is 355. The summed E-state index contributed by atoms with van der Waals surface area (Å²) in [6.07, 6.45) is 4.19. The molecule has 1 aromatic rings. The molecule has 2 unspecified atom stereocenters. The molecule has 4 heteroatoms. The van der Waals surface area contributed by atoms with Gasteiger partial charge in [0.1, 0.15) is 5.78 Å². The van der Waals surface area contributed by atoms with Crippen molar-refractivity contribution >= 4 is 5.78 Å². The highest BCUT2D eigenvalue weighted by Crippen LogP contribution is 2.11. The summed E-state index contributed by atoms with van der Waals surface area (Å²) < 4.78 is 1.92. The first-order valence-electron chi connectivity index (χ1n) is 6.39. The maximum atomic E-state index is 11.9. The van der Waals surface area contributed by atoms with E-state index >= 15 is 0 Å². The molecule has 0 amide bonds. The van der Waals surface area contributed by atoms with E-state index in [4.69, 9.17) is 5.73 Å². The average Bonchev–Trinajstić information content (AvgIpc) is 2.78. The number of carbonyl (C=O) groups is 1. The van der Waals surface area contributed by atoms with Gasteiger partial charge < -0.3 is 5.73 Å². The highest BCUT2D eigenvalue weighted by molar-refractivity contribution is 5.83. The van der Waals surface area contributed by atoms with Crippen molar-refractivity contribution < 1.29 is 4.79 Å². The monoisotopic (exact) mass is 237 g/mol. The summed E-state index contributed by atoms with van der Waals surface area (Å²) in [5.74, 6) is 0.174. The van der Waals surface area contributed by atoms with Gasteiger partial charge >= 0.3 is 0 Å². The lowest BCUT2D eigenvalue weighted by molar-refractivity contribution is -0.122. The number of rotatable bonds is 7. The summed E-state index contributed by atoms with van der Waals surface area (Å²) >= 11 is 0. The van der Waals surface area contributed by atoms with Gasteiger partial charge in [0.2, 0.25) is 0 Å². The van der Waals surface area contributed by atoms with E-state index in [0.29, 0.717) is 19.0 Å². The van der Waals surface area contributed by atoms with E-state index < -0.39 is 0 Å². The molecule has 0 aliphatic heterocycles. The lowest BCUT2D eigenvalue weighted by atomic mass is 9.98. The third kappa shape index (κ3) is 3.66. The molecule has 0 saturated heterocycles. The second-order valence-electron chi connectivity index (χ2n) is 4.53. The van der Waals surface area contributed by atoms with Crippen molar-refractivity contribution in [2.75, 3.05) is 6.54 Å². The molecule has 4 nitrogen and oxygen atoms in total. The minimum atomic E-state index is -0.0243.